The highest BCUT2D eigenvalue weighted by molar-refractivity contribution is 14.0. The Morgan fingerprint density at radius 1 is 1.35 bits per heavy atom. The van der Waals surface area contributed by atoms with Crippen LogP contribution in [-0.4, -0.2) is 42.5 Å². The molecule has 1 aromatic heterocycles. The van der Waals surface area contributed by atoms with Crippen molar-refractivity contribution in [2.75, 3.05) is 26.7 Å². The van der Waals surface area contributed by atoms with Gasteiger partial charge in [0, 0.05) is 45.0 Å². The summed E-state index contributed by atoms with van der Waals surface area (Å²) >= 11 is 0. The fourth-order valence-corrected chi connectivity index (χ4v) is 1.79. The van der Waals surface area contributed by atoms with E-state index in [0.717, 1.165) is 37.7 Å². The monoisotopic (exact) mass is 390 g/mol. The quantitative estimate of drug-likeness (QED) is 0.442. The maximum absolute atomic E-state index is 4.65. The maximum Gasteiger partial charge on any atom is 0.193 e. The van der Waals surface area contributed by atoms with Gasteiger partial charge in [0.2, 0.25) is 0 Å². The zero-order valence-corrected chi connectivity index (χ0v) is 15.1. The SMILES string of the molecule is CCCCN(C)C(=NCCc1ccccn1)NCC.I. The van der Waals surface area contributed by atoms with E-state index in [-0.39, 0.29) is 24.0 Å². The first kappa shape index (κ1) is 19.1. The molecule has 0 fully saturated rings. The largest absolute Gasteiger partial charge is 0.357 e. The van der Waals surface area contributed by atoms with Crippen molar-refractivity contribution in [1.29, 1.82) is 0 Å². The summed E-state index contributed by atoms with van der Waals surface area (Å²) in [4.78, 5) is 11.2. The molecule has 0 unspecified atom stereocenters. The van der Waals surface area contributed by atoms with Gasteiger partial charge in [-0.15, -0.1) is 24.0 Å². The van der Waals surface area contributed by atoms with Gasteiger partial charge >= 0.3 is 0 Å². The van der Waals surface area contributed by atoms with E-state index in [1.54, 1.807) is 0 Å². The van der Waals surface area contributed by atoms with Crippen LogP contribution in [0.5, 0.6) is 0 Å². The molecule has 20 heavy (non-hydrogen) atoms. The minimum Gasteiger partial charge on any atom is -0.357 e. The van der Waals surface area contributed by atoms with Gasteiger partial charge in [0.15, 0.2) is 5.96 Å². The van der Waals surface area contributed by atoms with E-state index in [1.165, 1.54) is 12.8 Å². The van der Waals surface area contributed by atoms with Gasteiger partial charge in [-0.25, -0.2) is 0 Å². The molecule has 0 radical (unpaired) electrons. The fraction of sp³-hybridized carbons (Fsp3) is 0.600. The van der Waals surface area contributed by atoms with Gasteiger partial charge in [-0.3, -0.25) is 9.98 Å². The number of unbranched alkanes of at least 4 members (excludes halogenated alkanes) is 1. The second-order valence-electron chi connectivity index (χ2n) is 4.58. The Labute approximate surface area is 140 Å². The lowest BCUT2D eigenvalue weighted by atomic mass is 10.3. The van der Waals surface area contributed by atoms with E-state index in [4.69, 9.17) is 0 Å². The van der Waals surface area contributed by atoms with Crippen molar-refractivity contribution in [3.8, 4) is 0 Å². The highest BCUT2D eigenvalue weighted by Crippen LogP contribution is 1.97. The van der Waals surface area contributed by atoms with Gasteiger partial charge in [0.25, 0.3) is 0 Å². The summed E-state index contributed by atoms with van der Waals surface area (Å²) < 4.78 is 0. The molecule has 1 aromatic rings. The van der Waals surface area contributed by atoms with E-state index in [9.17, 15) is 0 Å². The topological polar surface area (TPSA) is 40.5 Å². The Balaban J connectivity index is 0.00000361. The predicted molar refractivity (Wildman–Crippen MR) is 96.9 cm³/mol. The van der Waals surface area contributed by atoms with Crippen molar-refractivity contribution in [3.05, 3.63) is 30.1 Å². The van der Waals surface area contributed by atoms with Crippen molar-refractivity contribution in [1.82, 2.24) is 15.2 Å². The van der Waals surface area contributed by atoms with E-state index >= 15 is 0 Å². The molecule has 0 bridgehead atoms. The molecule has 0 aliphatic carbocycles. The predicted octanol–water partition coefficient (Wildman–Crippen LogP) is 2.94. The van der Waals surface area contributed by atoms with Crippen LogP contribution in [0.15, 0.2) is 29.4 Å². The summed E-state index contributed by atoms with van der Waals surface area (Å²) in [5.74, 6) is 0.992. The van der Waals surface area contributed by atoms with E-state index in [1.807, 2.05) is 24.4 Å². The molecule has 0 aliphatic rings. The smallest absolute Gasteiger partial charge is 0.193 e. The number of rotatable bonds is 7. The number of pyridine rings is 1. The second-order valence-corrected chi connectivity index (χ2v) is 4.58. The van der Waals surface area contributed by atoms with Gasteiger partial charge < -0.3 is 10.2 Å². The molecule has 0 saturated heterocycles. The standard InChI is InChI=1S/C15H26N4.HI/c1-4-6-13-19(3)15(16-5-2)18-12-10-14-9-7-8-11-17-14;/h7-9,11H,4-6,10,12-13H2,1-3H3,(H,16,18);1H. The van der Waals surface area contributed by atoms with Crippen LogP contribution in [0.25, 0.3) is 0 Å². The van der Waals surface area contributed by atoms with E-state index in [0.29, 0.717) is 0 Å². The van der Waals surface area contributed by atoms with Crippen LogP contribution in [0.2, 0.25) is 0 Å². The molecule has 1 rings (SSSR count). The van der Waals surface area contributed by atoms with Crippen LogP contribution in [0.4, 0.5) is 0 Å². The molecule has 0 spiro atoms. The average molecular weight is 390 g/mol. The third-order valence-electron chi connectivity index (χ3n) is 2.90. The fourth-order valence-electron chi connectivity index (χ4n) is 1.79. The molecule has 114 valence electrons. The molecule has 4 nitrogen and oxygen atoms in total. The summed E-state index contributed by atoms with van der Waals surface area (Å²) in [6.45, 7) is 7.03. The number of nitrogens with one attached hydrogen (secondary N) is 1. The number of hydrogen-bond donors (Lipinski definition) is 1. The first-order valence-electron chi connectivity index (χ1n) is 7.17. The zero-order chi connectivity index (χ0) is 13.9. The molecule has 0 amide bonds. The number of aromatic nitrogens is 1. The average Bonchev–Trinajstić information content (AvgIpc) is 2.45. The lowest BCUT2D eigenvalue weighted by Gasteiger charge is -2.21. The number of hydrogen-bond acceptors (Lipinski definition) is 2. The third-order valence-corrected chi connectivity index (χ3v) is 2.90. The lowest BCUT2D eigenvalue weighted by molar-refractivity contribution is 0.465. The summed E-state index contributed by atoms with van der Waals surface area (Å²) in [7, 11) is 2.10. The Morgan fingerprint density at radius 2 is 2.15 bits per heavy atom. The highest BCUT2D eigenvalue weighted by Gasteiger charge is 2.04. The highest BCUT2D eigenvalue weighted by atomic mass is 127. The van der Waals surface area contributed by atoms with Gasteiger partial charge in [0.1, 0.15) is 0 Å². The van der Waals surface area contributed by atoms with Gasteiger partial charge in [-0.2, -0.15) is 0 Å². The van der Waals surface area contributed by atoms with Gasteiger partial charge in [0.05, 0.1) is 0 Å². The zero-order valence-electron chi connectivity index (χ0n) is 12.8. The van der Waals surface area contributed by atoms with Crippen molar-refractivity contribution in [2.24, 2.45) is 4.99 Å². The summed E-state index contributed by atoms with van der Waals surface area (Å²) in [6.07, 6.45) is 5.12. The van der Waals surface area contributed by atoms with Crippen molar-refractivity contribution in [2.45, 2.75) is 33.1 Å². The molecule has 5 heteroatoms. The normalized spacial score (nSPS) is 10.8. The Morgan fingerprint density at radius 3 is 2.75 bits per heavy atom. The van der Waals surface area contributed by atoms with E-state index in [2.05, 4.69) is 41.1 Å². The number of guanidine groups is 1. The molecule has 0 saturated carbocycles. The van der Waals surface area contributed by atoms with Crippen LogP contribution in [0, 0.1) is 0 Å². The van der Waals surface area contributed by atoms with E-state index < -0.39 is 0 Å². The van der Waals surface area contributed by atoms with Crippen LogP contribution >= 0.6 is 24.0 Å². The first-order chi connectivity index (χ1) is 9.27. The minimum absolute atomic E-state index is 0. The summed E-state index contributed by atoms with van der Waals surface area (Å²) in [6, 6.07) is 6.00. The van der Waals surface area contributed by atoms with Crippen molar-refractivity contribution in [3.63, 3.8) is 0 Å². The molecular formula is C15H27IN4. The molecule has 0 atom stereocenters. The van der Waals surface area contributed by atoms with Crippen molar-refractivity contribution >= 4 is 29.9 Å². The molecule has 0 aromatic carbocycles. The number of halogens is 1. The third kappa shape index (κ3) is 7.67. The van der Waals surface area contributed by atoms with Gasteiger partial charge in [-0.05, 0) is 25.5 Å². The molecule has 0 aliphatic heterocycles. The van der Waals surface area contributed by atoms with Crippen LogP contribution in [0.1, 0.15) is 32.4 Å². The van der Waals surface area contributed by atoms with Crippen LogP contribution < -0.4 is 5.32 Å². The van der Waals surface area contributed by atoms with Crippen molar-refractivity contribution < 1.29 is 0 Å². The Hall–Kier alpha value is -0.850. The van der Waals surface area contributed by atoms with Crippen LogP contribution in [-0.2, 0) is 6.42 Å². The number of nitrogens with zero attached hydrogens (tertiary/aromatic N) is 3. The summed E-state index contributed by atoms with van der Waals surface area (Å²) in [5.41, 5.74) is 1.10. The Bertz CT molecular complexity index is 367. The lowest BCUT2D eigenvalue weighted by Crippen LogP contribution is -2.39. The first-order valence-corrected chi connectivity index (χ1v) is 7.17. The second kappa shape index (κ2) is 11.9. The summed E-state index contributed by atoms with van der Waals surface area (Å²) in [5, 5.41) is 3.33. The van der Waals surface area contributed by atoms with Gasteiger partial charge in [-0.1, -0.05) is 19.4 Å². The Kier molecular flexibility index (Phi) is 11.4. The van der Waals surface area contributed by atoms with Crippen LogP contribution in [0.3, 0.4) is 0 Å². The maximum atomic E-state index is 4.65. The molecule has 1 heterocycles. The molecular weight excluding hydrogens is 363 g/mol. The number of aliphatic imine (C=N–C) groups is 1. The minimum atomic E-state index is 0. The molecule has 1 N–H and O–H groups in total.